The van der Waals surface area contributed by atoms with E-state index in [0.717, 1.165) is 57.0 Å². The van der Waals surface area contributed by atoms with E-state index in [1.165, 1.54) is 7.11 Å². The van der Waals surface area contributed by atoms with Gasteiger partial charge in [0.25, 0.3) is 0 Å². The topological polar surface area (TPSA) is 63.2 Å². The fourth-order valence-corrected chi connectivity index (χ4v) is 3.11. The van der Waals surface area contributed by atoms with Gasteiger partial charge in [-0.3, -0.25) is 4.99 Å². The Labute approximate surface area is 179 Å². The SMILES string of the molecule is CCNC(=NCCc1ccc(C(=O)OC)cc1)N1CCC(OCC)CC1.I. The summed E-state index contributed by atoms with van der Waals surface area (Å²) in [7, 11) is 1.39. The molecule has 27 heavy (non-hydrogen) atoms. The van der Waals surface area contributed by atoms with Crippen molar-refractivity contribution in [1.82, 2.24) is 10.2 Å². The number of aliphatic imine (C=N–C) groups is 1. The summed E-state index contributed by atoms with van der Waals surface area (Å²) >= 11 is 0. The Bertz CT molecular complexity index is 585. The van der Waals surface area contributed by atoms with E-state index in [2.05, 4.69) is 24.1 Å². The maximum atomic E-state index is 11.5. The third-order valence-electron chi connectivity index (χ3n) is 4.52. The Morgan fingerprint density at radius 1 is 1.22 bits per heavy atom. The van der Waals surface area contributed by atoms with Crippen molar-refractivity contribution in [1.29, 1.82) is 0 Å². The molecule has 1 aromatic carbocycles. The van der Waals surface area contributed by atoms with Crippen molar-refractivity contribution >= 4 is 35.9 Å². The Hall–Kier alpha value is -1.35. The Kier molecular flexibility index (Phi) is 11.3. The molecule has 1 heterocycles. The van der Waals surface area contributed by atoms with Crippen molar-refractivity contribution in [2.45, 2.75) is 39.2 Å². The first-order valence-electron chi connectivity index (χ1n) is 9.50. The normalized spacial score (nSPS) is 15.2. The fourth-order valence-electron chi connectivity index (χ4n) is 3.11. The number of carbonyl (C=O) groups excluding carboxylic acids is 1. The lowest BCUT2D eigenvalue weighted by atomic mass is 10.1. The van der Waals surface area contributed by atoms with Crippen LogP contribution in [0.25, 0.3) is 0 Å². The number of rotatable bonds is 7. The summed E-state index contributed by atoms with van der Waals surface area (Å²) in [4.78, 5) is 18.6. The summed E-state index contributed by atoms with van der Waals surface area (Å²) in [5, 5.41) is 3.39. The van der Waals surface area contributed by atoms with Gasteiger partial charge < -0.3 is 19.7 Å². The van der Waals surface area contributed by atoms with Crippen LogP contribution in [0.1, 0.15) is 42.6 Å². The second kappa shape index (κ2) is 12.9. The molecule has 0 saturated carbocycles. The van der Waals surface area contributed by atoms with E-state index >= 15 is 0 Å². The molecule has 0 unspecified atom stereocenters. The molecule has 0 aliphatic carbocycles. The van der Waals surface area contributed by atoms with E-state index in [-0.39, 0.29) is 29.9 Å². The zero-order chi connectivity index (χ0) is 18.8. The lowest BCUT2D eigenvalue weighted by Crippen LogP contribution is -2.47. The summed E-state index contributed by atoms with van der Waals surface area (Å²) < 4.78 is 10.4. The van der Waals surface area contributed by atoms with Gasteiger partial charge in [-0.2, -0.15) is 0 Å². The summed E-state index contributed by atoms with van der Waals surface area (Å²) in [5.41, 5.74) is 1.73. The molecule has 0 bridgehead atoms. The van der Waals surface area contributed by atoms with Crippen molar-refractivity contribution in [3.63, 3.8) is 0 Å². The molecule has 0 spiro atoms. The van der Waals surface area contributed by atoms with E-state index in [1.807, 2.05) is 12.1 Å². The van der Waals surface area contributed by atoms with Crippen LogP contribution in [0.5, 0.6) is 0 Å². The maximum Gasteiger partial charge on any atom is 0.337 e. The minimum absolute atomic E-state index is 0. The molecule has 1 aliphatic heterocycles. The lowest BCUT2D eigenvalue weighted by Gasteiger charge is -2.34. The number of ether oxygens (including phenoxy) is 2. The lowest BCUT2D eigenvalue weighted by molar-refractivity contribution is 0.0264. The third-order valence-corrected chi connectivity index (χ3v) is 4.52. The highest BCUT2D eigenvalue weighted by Gasteiger charge is 2.21. The van der Waals surface area contributed by atoms with Gasteiger partial charge in [0.2, 0.25) is 0 Å². The summed E-state index contributed by atoms with van der Waals surface area (Å²) in [5.74, 6) is 0.674. The molecule has 6 nitrogen and oxygen atoms in total. The zero-order valence-corrected chi connectivity index (χ0v) is 18.9. The predicted octanol–water partition coefficient (Wildman–Crippen LogP) is 3.10. The van der Waals surface area contributed by atoms with Crippen molar-refractivity contribution in [2.75, 3.05) is 39.9 Å². The molecule has 0 radical (unpaired) electrons. The number of halogens is 1. The summed E-state index contributed by atoms with van der Waals surface area (Å²) in [6.07, 6.45) is 3.32. The number of benzene rings is 1. The second-order valence-corrected chi connectivity index (χ2v) is 6.32. The first kappa shape index (κ1) is 23.7. The Balaban J connectivity index is 0.00000364. The van der Waals surface area contributed by atoms with Gasteiger partial charge >= 0.3 is 5.97 Å². The first-order chi connectivity index (χ1) is 12.7. The van der Waals surface area contributed by atoms with Crippen LogP contribution in [0.4, 0.5) is 0 Å². The number of esters is 1. The number of nitrogens with zero attached hydrogens (tertiary/aromatic N) is 2. The molecule has 1 N–H and O–H groups in total. The molecule has 1 aromatic rings. The number of guanidine groups is 1. The van der Waals surface area contributed by atoms with Crippen LogP contribution in [0, 0.1) is 0 Å². The highest BCUT2D eigenvalue weighted by Crippen LogP contribution is 2.14. The van der Waals surface area contributed by atoms with Gasteiger partial charge in [-0.05, 0) is 50.8 Å². The standard InChI is InChI=1S/C20H31N3O3.HI/c1-4-21-20(23-14-11-18(12-15-23)26-5-2)22-13-10-16-6-8-17(9-7-16)19(24)25-3;/h6-9,18H,4-5,10-15H2,1-3H3,(H,21,22);1H. The van der Waals surface area contributed by atoms with Crippen LogP contribution in [-0.2, 0) is 15.9 Å². The van der Waals surface area contributed by atoms with Crippen LogP contribution < -0.4 is 5.32 Å². The highest BCUT2D eigenvalue weighted by molar-refractivity contribution is 14.0. The number of piperidine rings is 1. The van der Waals surface area contributed by atoms with Gasteiger partial charge in [-0.15, -0.1) is 24.0 Å². The summed E-state index contributed by atoms with van der Waals surface area (Å²) in [6, 6.07) is 7.52. The third kappa shape index (κ3) is 7.65. The van der Waals surface area contributed by atoms with Crippen molar-refractivity contribution < 1.29 is 14.3 Å². The van der Waals surface area contributed by atoms with Crippen molar-refractivity contribution in [3.8, 4) is 0 Å². The van der Waals surface area contributed by atoms with Crippen LogP contribution in [0.3, 0.4) is 0 Å². The van der Waals surface area contributed by atoms with Gasteiger partial charge in [0.05, 0.1) is 18.8 Å². The molecule has 0 amide bonds. The molecule has 7 heteroatoms. The van der Waals surface area contributed by atoms with Gasteiger partial charge in [0.1, 0.15) is 0 Å². The van der Waals surface area contributed by atoms with Gasteiger partial charge in [-0.1, -0.05) is 12.1 Å². The predicted molar refractivity (Wildman–Crippen MR) is 119 cm³/mol. The van der Waals surface area contributed by atoms with Gasteiger partial charge in [-0.25, -0.2) is 4.79 Å². The minimum Gasteiger partial charge on any atom is -0.465 e. The molecule has 152 valence electrons. The van der Waals surface area contributed by atoms with E-state index < -0.39 is 0 Å². The van der Waals surface area contributed by atoms with Crippen LogP contribution >= 0.6 is 24.0 Å². The van der Waals surface area contributed by atoms with Crippen molar-refractivity contribution in [3.05, 3.63) is 35.4 Å². The Morgan fingerprint density at radius 2 is 1.89 bits per heavy atom. The number of hydrogen-bond donors (Lipinski definition) is 1. The van der Waals surface area contributed by atoms with Crippen LogP contribution in [-0.4, -0.2) is 62.8 Å². The quantitative estimate of drug-likeness (QED) is 0.276. The van der Waals surface area contributed by atoms with Gasteiger partial charge in [0, 0.05) is 32.8 Å². The smallest absolute Gasteiger partial charge is 0.337 e. The molecule has 0 aromatic heterocycles. The highest BCUT2D eigenvalue weighted by atomic mass is 127. The van der Waals surface area contributed by atoms with Crippen molar-refractivity contribution in [2.24, 2.45) is 4.99 Å². The number of likely N-dealkylation sites (tertiary alicyclic amines) is 1. The largest absolute Gasteiger partial charge is 0.465 e. The number of methoxy groups -OCH3 is 1. The molecule has 1 saturated heterocycles. The number of hydrogen-bond acceptors (Lipinski definition) is 4. The molecule has 1 fully saturated rings. The monoisotopic (exact) mass is 489 g/mol. The van der Waals surface area contributed by atoms with E-state index in [9.17, 15) is 4.79 Å². The molecule has 1 aliphatic rings. The zero-order valence-electron chi connectivity index (χ0n) is 16.6. The average Bonchev–Trinajstić information content (AvgIpc) is 2.68. The van der Waals surface area contributed by atoms with E-state index in [0.29, 0.717) is 18.2 Å². The maximum absolute atomic E-state index is 11.5. The molecule has 0 atom stereocenters. The number of nitrogens with one attached hydrogen (secondary N) is 1. The molecule has 2 rings (SSSR count). The Morgan fingerprint density at radius 3 is 2.44 bits per heavy atom. The van der Waals surface area contributed by atoms with Crippen LogP contribution in [0.2, 0.25) is 0 Å². The average molecular weight is 489 g/mol. The molecular formula is C20H32IN3O3. The first-order valence-corrected chi connectivity index (χ1v) is 9.50. The fraction of sp³-hybridized carbons (Fsp3) is 0.600. The second-order valence-electron chi connectivity index (χ2n) is 6.32. The summed E-state index contributed by atoms with van der Waals surface area (Å²) in [6.45, 7) is 8.45. The van der Waals surface area contributed by atoms with E-state index in [1.54, 1.807) is 12.1 Å². The van der Waals surface area contributed by atoms with Gasteiger partial charge in [0.15, 0.2) is 5.96 Å². The van der Waals surface area contributed by atoms with E-state index in [4.69, 9.17) is 14.5 Å². The van der Waals surface area contributed by atoms with Crippen LogP contribution in [0.15, 0.2) is 29.3 Å². The number of carbonyl (C=O) groups is 1. The minimum atomic E-state index is -0.306. The molecular weight excluding hydrogens is 457 g/mol.